The highest BCUT2D eigenvalue weighted by atomic mass is 35.5. The Morgan fingerprint density at radius 3 is 2.69 bits per heavy atom. The molecular weight excluding hydrogens is 224 g/mol. The summed E-state index contributed by atoms with van der Waals surface area (Å²) >= 11 is 0. The second kappa shape index (κ2) is 5.37. The lowest BCUT2D eigenvalue weighted by molar-refractivity contribution is -0.137. The molecule has 1 N–H and O–H groups in total. The van der Waals surface area contributed by atoms with E-state index < -0.39 is 0 Å². The Balaban J connectivity index is 0.00000128. The molecule has 3 nitrogen and oxygen atoms in total. The average Bonchev–Trinajstić information content (AvgIpc) is 2.65. The third-order valence-electron chi connectivity index (χ3n) is 3.80. The molecule has 2 atom stereocenters. The van der Waals surface area contributed by atoms with Crippen molar-refractivity contribution < 1.29 is 4.79 Å². The van der Waals surface area contributed by atoms with Crippen molar-refractivity contribution in [2.45, 2.75) is 45.1 Å². The number of likely N-dealkylation sites (tertiary alicyclic amines) is 1. The van der Waals surface area contributed by atoms with Crippen LogP contribution >= 0.6 is 12.4 Å². The van der Waals surface area contributed by atoms with Crippen LogP contribution in [0.5, 0.6) is 0 Å². The number of amides is 1. The smallest absolute Gasteiger partial charge is 0.242 e. The standard InChI is InChI=1S/C12H22N2O.ClH/c1-10-5-8-14(9-10)11(15)12(2)6-3-4-7-13-12;/h10,13H,3-9H2,1-2H3;1H. The summed E-state index contributed by atoms with van der Waals surface area (Å²) in [6.45, 7) is 7.19. The Morgan fingerprint density at radius 2 is 2.19 bits per heavy atom. The molecule has 2 saturated heterocycles. The van der Waals surface area contributed by atoms with Crippen molar-refractivity contribution in [2.75, 3.05) is 19.6 Å². The highest BCUT2D eigenvalue weighted by molar-refractivity contribution is 5.86. The molecule has 0 aromatic heterocycles. The van der Waals surface area contributed by atoms with Crippen molar-refractivity contribution in [2.24, 2.45) is 5.92 Å². The Hall–Kier alpha value is -0.280. The average molecular weight is 247 g/mol. The van der Waals surface area contributed by atoms with Crippen LogP contribution in [0.2, 0.25) is 0 Å². The Labute approximate surface area is 104 Å². The first-order valence-electron chi connectivity index (χ1n) is 6.16. The number of hydrogen-bond acceptors (Lipinski definition) is 2. The minimum absolute atomic E-state index is 0. The molecule has 16 heavy (non-hydrogen) atoms. The van der Waals surface area contributed by atoms with E-state index in [0.717, 1.165) is 26.1 Å². The fraction of sp³-hybridized carbons (Fsp3) is 0.917. The van der Waals surface area contributed by atoms with Crippen LogP contribution in [0.1, 0.15) is 39.5 Å². The van der Waals surface area contributed by atoms with Crippen molar-refractivity contribution in [1.82, 2.24) is 10.2 Å². The van der Waals surface area contributed by atoms with E-state index in [9.17, 15) is 4.79 Å². The Kier molecular flexibility index (Phi) is 4.62. The lowest BCUT2D eigenvalue weighted by Crippen LogP contribution is -2.57. The predicted octanol–water partition coefficient (Wildman–Crippen LogP) is 1.81. The van der Waals surface area contributed by atoms with Crippen LogP contribution in [0.15, 0.2) is 0 Å². The third-order valence-corrected chi connectivity index (χ3v) is 3.80. The number of nitrogens with one attached hydrogen (secondary N) is 1. The predicted molar refractivity (Wildman–Crippen MR) is 67.9 cm³/mol. The second-order valence-corrected chi connectivity index (χ2v) is 5.36. The zero-order valence-electron chi connectivity index (χ0n) is 10.3. The summed E-state index contributed by atoms with van der Waals surface area (Å²) in [4.78, 5) is 14.4. The van der Waals surface area contributed by atoms with Crippen LogP contribution in [-0.2, 0) is 4.79 Å². The second-order valence-electron chi connectivity index (χ2n) is 5.36. The van der Waals surface area contributed by atoms with Crippen molar-refractivity contribution in [3.8, 4) is 0 Å². The lowest BCUT2D eigenvalue weighted by Gasteiger charge is -2.36. The number of carbonyl (C=O) groups excluding carboxylic acids is 1. The van der Waals surface area contributed by atoms with E-state index >= 15 is 0 Å². The van der Waals surface area contributed by atoms with Gasteiger partial charge in [0.1, 0.15) is 0 Å². The zero-order chi connectivity index (χ0) is 10.9. The molecule has 0 radical (unpaired) electrons. The number of halogens is 1. The number of piperidine rings is 1. The van der Waals surface area contributed by atoms with Gasteiger partial charge in [0.15, 0.2) is 0 Å². The van der Waals surface area contributed by atoms with Crippen molar-refractivity contribution in [3.63, 3.8) is 0 Å². The SMILES string of the molecule is CC1CCN(C(=O)C2(C)CCCCN2)C1.Cl. The Bertz CT molecular complexity index is 251. The molecule has 94 valence electrons. The molecule has 4 heteroatoms. The summed E-state index contributed by atoms with van der Waals surface area (Å²) in [6.07, 6.45) is 4.55. The fourth-order valence-electron chi connectivity index (χ4n) is 2.71. The van der Waals surface area contributed by atoms with Crippen LogP contribution in [0.4, 0.5) is 0 Å². The van der Waals surface area contributed by atoms with Gasteiger partial charge in [-0.15, -0.1) is 12.4 Å². The number of nitrogens with zero attached hydrogens (tertiary/aromatic N) is 1. The van der Waals surface area contributed by atoms with E-state index in [1.165, 1.54) is 19.3 Å². The summed E-state index contributed by atoms with van der Waals surface area (Å²) in [6, 6.07) is 0. The molecule has 2 rings (SSSR count). The lowest BCUT2D eigenvalue weighted by atomic mass is 9.89. The third kappa shape index (κ3) is 2.69. The quantitative estimate of drug-likeness (QED) is 0.766. The molecule has 0 bridgehead atoms. The minimum Gasteiger partial charge on any atom is -0.341 e. The first kappa shape index (κ1) is 13.8. The zero-order valence-corrected chi connectivity index (χ0v) is 11.1. The highest BCUT2D eigenvalue weighted by Gasteiger charge is 2.39. The van der Waals surface area contributed by atoms with Gasteiger partial charge >= 0.3 is 0 Å². The Morgan fingerprint density at radius 1 is 1.44 bits per heavy atom. The maximum atomic E-state index is 12.3. The molecule has 2 aliphatic heterocycles. The van der Waals surface area contributed by atoms with Gasteiger partial charge in [-0.3, -0.25) is 4.79 Å². The molecule has 1 amide bonds. The first-order valence-corrected chi connectivity index (χ1v) is 6.16. The van der Waals surface area contributed by atoms with Crippen LogP contribution in [0, 0.1) is 5.92 Å². The molecule has 2 heterocycles. The van der Waals surface area contributed by atoms with E-state index in [1.807, 2.05) is 4.90 Å². The van der Waals surface area contributed by atoms with Crippen molar-refractivity contribution >= 4 is 18.3 Å². The van der Waals surface area contributed by atoms with Gasteiger partial charge in [-0.2, -0.15) is 0 Å². The van der Waals surface area contributed by atoms with Gasteiger partial charge in [-0.05, 0) is 45.1 Å². The van der Waals surface area contributed by atoms with Gasteiger partial charge in [0.25, 0.3) is 0 Å². The molecular formula is C12H23ClN2O. The van der Waals surface area contributed by atoms with Gasteiger partial charge in [0.05, 0.1) is 5.54 Å². The van der Waals surface area contributed by atoms with Gasteiger partial charge in [-0.25, -0.2) is 0 Å². The molecule has 2 fully saturated rings. The summed E-state index contributed by atoms with van der Waals surface area (Å²) < 4.78 is 0. The maximum absolute atomic E-state index is 12.3. The molecule has 2 unspecified atom stereocenters. The summed E-state index contributed by atoms with van der Waals surface area (Å²) in [5.41, 5.74) is -0.275. The van der Waals surface area contributed by atoms with E-state index in [2.05, 4.69) is 19.2 Å². The molecule has 0 aromatic rings. The van der Waals surface area contributed by atoms with Crippen molar-refractivity contribution in [3.05, 3.63) is 0 Å². The monoisotopic (exact) mass is 246 g/mol. The largest absolute Gasteiger partial charge is 0.341 e. The van der Waals surface area contributed by atoms with E-state index in [4.69, 9.17) is 0 Å². The highest BCUT2D eigenvalue weighted by Crippen LogP contribution is 2.24. The summed E-state index contributed by atoms with van der Waals surface area (Å²) in [7, 11) is 0. The number of carbonyl (C=O) groups is 1. The van der Waals surface area contributed by atoms with E-state index in [-0.39, 0.29) is 17.9 Å². The molecule has 0 aliphatic carbocycles. The molecule has 2 aliphatic rings. The normalized spacial score (nSPS) is 34.6. The van der Waals surface area contributed by atoms with Gasteiger partial charge in [0, 0.05) is 13.1 Å². The molecule has 0 spiro atoms. The topological polar surface area (TPSA) is 32.3 Å². The van der Waals surface area contributed by atoms with Gasteiger partial charge in [-0.1, -0.05) is 6.92 Å². The van der Waals surface area contributed by atoms with Gasteiger partial charge in [0.2, 0.25) is 5.91 Å². The van der Waals surface area contributed by atoms with Crippen LogP contribution < -0.4 is 5.32 Å². The van der Waals surface area contributed by atoms with Crippen LogP contribution in [0.25, 0.3) is 0 Å². The summed E-state index contributed by atoms with van der Waals surface area (Å²) in [5, 5.41) is 3.40. The van der Waals surface area contributed by atoms with E-state index in [1.54, 1.807) is 0 Å². The van der Waals surface area contributed by atoms with E-state index in [0.29, 0.717) is 11.8 Å². The van der Waals surface area contributed by atoms with Crippen LogP contribution in [0.3, 0.4) is 0 Å². The molecule has 0 saturated carbocycles. The van der Waals surface area contributed by atoms with Crippen molar-refractivity contribution in [1.29, 1.82) is 0 Å². The molecule has 0 aromatic carbocycles. The maximum Gasteiger partial charge on any atom is 0.242 e. The van der Waals surface area contributed by atoms with Gasteiger partial charge < -0.3 is 10.2 Å². The first-order chi connectivity index (χ1) is 7.12. The van der Waals surface area contributed by atoms with Crippen LogP contribution in [-0.4, -0.2) is 36.0 Å². The number of hydrogen-bond donors (Lipinski definition) is 1. The summed E-state index contributed by atoms with van der Waals surface area (Å²) in [5.74, 6) is 1.01. The minimum atomic E-state index is -0.275. The fourth-order valence-corrected chi connectivity index (χ4v) is 2.71. The number of rotatable bonds is 1.